The Morgan fingerprint density at radius 1 is 1.35 bits per heavy atom. The quantitative estimate of drug-likeness (QED) is 0.920. The first kappa shape index (κ1) is 12.8. The summed E-state index contributed by atoms with van der Waals surface area (Å²) < 4.78 is 0. The molecule has 0 saturated heterocycles. The van der Waals surface area contributed by atoms with E-state index in [1.54, 1.807) is 17.4 Å². The van der Waals surface area contributed by atoms with Gasteiger partial charge in [0.25, 0.3) is 0 Å². The van der Waals surface area contributed by atoms with E-state index in [9.17, 15) is 0 Å². The number of aryl methyl sites for hydroxylation is 1. The molecular weight excluding hydrogens is 275 g/mol. The van der Waals surface area contributed by atoms with Gasteiger partial charge in [-0.15, -0.1) is 11.3 Å². The fourth-order valence-electron chi connectivity index (χ4n) is 1.76. The molecule has 1 heterocycles. The van der Waals surface area contributed by atoms with Crippen LogP contribution in [-0.4, -0.2) is 12.0 Å². The molecule has 2 nitrogen and oxygen atoms in total. The predicted octanol–water partition coefficient (Wildman–Crippen LogP) is 4.07. The van der Waals surface area contributed by atoms with Crippen LogP contribution in [0.2, 0.25) is 10.0 Å². The molecule has 0 bridgehead atoms. The minimum Gasteiger partial charge on any atom is -0.309 e. The molecule has 0 aliphatic rings. The number of halogens is 2. The van der Waals surface area contributed by atoms with Crippen molar-refractivity contribution in [3.8, 4) is 0 Å². The van der Waals surface area contributed by atoms with Gasteiger partial charge in [0.15, 0.2) is 0 Å². The van der Waals surface area contributed by atoms with E-state index in [0.717, 1.165) is 16.1 Å². The number of hydrogen-bond acceptors (Lipinski definition) is 3. The molecule has 2 rings (SSSR count). The highest BCUT2D eigenvalue weighted by Gasteiger charge is 2.19. The SMILES string of the molecule is CNC(c1cccc(Cl)c1Cl)c1scnc1C. The minimum absolute atomic E-state index is 0.0358. The second-order valence-electron chi connectivity index (χ2n) is 3.67. The van der Waals surface area contributed by atoms with Crippen LogP contribution in [0.4, 0.5) is 0 Å². The Morgan fingerprint density at radius 3 is 2.71 bits per heavy atom. The Kier molecular flexibility index (Phi) is 4.05. The zero-order valence-electron chi connectivity index (χ0n) is 9.50. The molecule has 0 amide bonds. The van der Waals surface area contributed by atoms with Crippen molar-refractivity contribution < 1.29 is 0 Å². The normalized spacial score (nSPS) is 12.7. The zero-order chi connectivity index (χ0) is 12.4. The van der Waals surface area contributed by atoms with Crippen molar-refractivity contribution in [2.45, 2.75) is 13.0 Å². The fraction of sp³-hybridized carbons (Fsp3) is 0.250. The molecular formula is C12H12Cl2N2S. The van der Waals surface area contributed by atoms with Crippen LogP contribution in [0.5, 0.6) is 0 Å². The fourth-order valence-corrected chi connectivity index (χ4v) is 3.10. The summed E-state index contributed by atoms with van der Waals surface area (Å²) in [6, 6.07) is 5.71. The number of rotatable bonds is 3. The van der Waals surface area contributed by atoms with E-state index >= 15 is 0 Å². The molecule has 5 heteroatoms. The summed E-state index contributed by atoms with van der Waals surface area (Å²) in [5.41, 5.74) is 3.84. The second-order valence-corrected chi connectivity index (χ2v) is 5.34. The average molecular weight is 287 g/mol. The number of hydrogen-bond donors (Lipinski definition) is 1. The lowest BCUT2D eigenvalue weighted by atomic mass is 10.0. The first-order valence-electron chi connectivity index (χ1n) is 5.16. The molecule has 1 N–H and O–H groups in total. The van der Waals surface area contributed by atoms with E-state index < -0.39 is 0 Å². The lowest BCUT2D eigenvalue weighted by Gasteiger charge is -2.17. The average Bonchev–Trinajstić information content (AvgIpc) is 2.72. The van der Waals surface area contributed by atoms with Crippen LogP contribution in [0.3, 0.4) is 0 Å². The third-order valence-electron chi connectivity index (χ3n) is 2.63. The van der Waals surface area contributed by atoms with Gasteiger partial charge >= 0.3 is 0 Å². The van der Waals surface area contributed by atoms with Crippen molar-refractivity contribution in [3.63, 3.8) is 0 Å². The second kappa shape index (κ2) is 5.36. The van der Waals surface area contributed by atoms with Crippen molar-refractivity contribution in [1.82, 2.24) is 10.3 Å². The summed E-state index contributed by atoms with van der Waals surface area (Å²) in [7, 11) is 1.90. The van der Waals surface area contributed by atoms with Gasteiger partial charge < -0.3 is 5.32 Å². The molecule has 0 aliphatic carbocycles. The Balaban J connectivity index is 2.50. The number of nitrogens with one attached hydrogen (secondary N) is 1. The van der Waals surface area contributed by atoms with Crippen molar-refractivity contribution in [2.24, 2.45) is 0 Å². The van der Waals surface area contributed by atoms with Gasteiger partial charge in [0.05, 0.1) is 27.3 Å². The van der Waals surface area contributed by atoms with Gasteiger partial charge in [0, 0.05) is 4.88 Å². The number of aromatic nitrogens is 1. The Labute approximate surface area is 115 Å². The molecule has 1 aromatic heterocycles. The molecule has 2 aromatic rings. The maximum Gasteiger partial charge on any atom is 0.0798 e. The summed E-state index contributed by atoms with van der Waals surface area (Å²) in [5, 5.41) is 4.43. The lowest BCUT2D eigenvalue weighted by Crippen LogP contribution is -2.17. The van der Waals surface area contributed by atoms with Crippen molar-refractivity contribution in [2.75, 3.05) is 7.05 Å². The van der Waals surface area contributed by atoms with Gasteiger partial charge in [0.1, 0.15) is 0 Å². The van der Waals surface area contributed by atoms with E-state index in [2.05, 4.69) is 10.3 Å². The lowest BCUT2D eigenvalue weighted by molar-refractivity contribution is 0.698. The van der Waals surface area contributed by atoms with Crippen LogP contribution in [0.25, 0.3) is 0 Å². The van der Waals surface area contributed by atoms with Crippen LogP contribution >= 0.6 is 34.5 Å². The van der Waals surface area contributed by atoms with Crippen LogP contribution in [-0.2, 0) is 0 Å². The summed E-state index contributed by atoms with van der Waals surface area (Å²) >= 11 is 13.9. The highest BCUT2D eigenvalue weighted by molar-refractivity contribution is 7.09. The van der Waals surface area contributed by atoms with Gasteiger partial charge in [-0.1, -0.05) is 35.3 Å². The highest BCUT2D eigenvalue weighted by Crippen LogP contribution is 2.35. The van der Waals surface area contributed by atoms with Crippen molar-refractivity contribution >= 4 is 34.5 Å². The Hall–Kier alpha value is -0.610. The molecule has 0 spiro atoms. The van der Waals surface area contributed by atoms with E-state index in [4.69, 9.17) is 23.2 Å². The first-order chi connectivity index (χ1) is 8.15. The first-order valence-corrected chi connectivity index (χ1v) is 6.80. The molecule has 0 saturated carbocycles. The van der Waals surface area contributed by atoms with E-state index in [1.165, 1.54) is 0 Å². The van der Waals surface area contributed by atoms with E-state index in [1.807, 2.05) is 31.6 Å². The summed E-state index contributed by atoms with van der Waals surface area (Å²) in [5.74, 6) is 0. The van der Waals surface area contributed by atoms with Gasteiger partial charge in [-0.25, -0.2) is 4.98 Å². The number of thiazole rings is 1. The van der Waals surface area contributed by atoms with Gasteiger partial charge in [-0.05, 0) is 25.6 Å². The largest absolute Gasteiger partial charge is 0.309 e. The van der Waals surface area contributed by atoms with Crippen LogP contribution in [0.15, 0.2) is 23.7 Å². The molecule has 0 radical (unpaired) electrons. The Morgan fingerprint density at radius 2 is 2.12 bits per heavy atom. The maximum atomic E-state index is 6.25. The predicted molar refractivity (Wildman–Crippen MR) is 74.2 cm³/mol. The summed E-state index contributed by atoms with van der Waals surface area (Å²) in [6.07, 6.45) is 0. The van der Waals surface area contributed by atoms with E-state index in [-0.39, 0.29) is 6.04 Å². The van der Waals surface area contributed by atoms with Crippen molar-refractivity contribution in [3.05, 3.63) is 49.9 Å². The van der Waals surface area contributed by atoms with Crippen LogP contribution in [0.1, 0.15) is 22.2 Å². The molecule has 1 aromatic carbocycles. The molecule has 1 unspecified atom stereocenters. The third kappa shape index (κ3) is 2.47. The van der Waals surface area contributed by atoms with Crippen LogP contribution < -0.4 is 5.32 Å². The van der Waals surface area contributed by atoms with Gasteiger partial charge in [-0.3, -0.25) is 0 Å². The van der Waals surface area contributed by atoms with Gasteiger partial charge in [-0.2, -0.15) is 0 Å². The molecule has 90 valence electrons. The Bertz CT molecular complexity index is 525. The highest BCUT2D eigenvalue weighted by atomic mass is 35.5. The van der Waals surface area contributed by atoms with Crippen LogP contribution in [0, 0.1) is 6.92 Å². The van der Waals surface area contributed by atoms with E-state index in [0.29, 0.717) is 10.0 Å². The molecule has 1 atom stereocenters. The zero-order valence-corrected chi connectivity index (χ0v) is 11.8. The topological polar surface area (TPSA) is 24.9 Å². The number of benzene rings is 1. The summed E-state index contributed by atoms with van der Waals surface area (Å²) in [4.78, 5) is 5.43. The maximum absolute atomic E-state index is 6.25. The standard InChI is InChI=1S/C12H12Cl2N2S/c1-7-12(17-6-16-7)11(15-2)8-4-3-5-9(13)10(8)14/h3-6,11,15H,1-2H3. The monoisotopic (exact) mass is 286 g/mol. The minimum atomic E-state index is 0.0358. The van der Waals surface area contributed by atoms with Crippen molar-refractivity contribution in [1.29, 1.82) is 0 Å². The van der Waals surface area contributed by atoms with Gasteiger partial charge in [0.2, 0.25) is 0 Å². The smallest absolute Gasteiger partial charge is 0.0798 e. The number of nitrogens with zero attached hydrogens (tertiary/aromatic N) is 1. The summed E-state index contributed by atoms with van der Waals surface area (Å²) in [6.45, 7) is 1.99. The third-order valence-corrected chi connectivity index (χ3v) is 4.46. The molecule has 0 fully saturated rings. The molecule has 0 aliphatic heterocycles. The molecule has 17 heavy (non-hydrogen) atoms.